The smallest absolute Gasteiger partial charge is 0.328 e. The van der Waals surface area contributed by atoms with Crippen molar-refractivity contribution in [2.75, 3.05) is 0 Å². The Kier molecular flexibility index (Phi) is 10.7. The van der Waals surface area contributed by atoms with Gasteiger partial charge in [-0.3, -0.25) is 19.2 Å². The molecule has 2 rings (SSSR count). The number of imidazole rings is 1. The minimum atomic E-state index is -1.70. The van der Waals surface area contributed by atoms with Gasteiger partial charge in [-0.05, 0) is 24.6 Å². The first kappa shape index (κ1) is 29.7. The SMILES string of the molecule is CC(O)C(NC(=O)C(Cc1ccc(O)cc1)NC(=O)C(CC(=O)O)NC(=O)C(N)Cc1cnc[nH]1)C(=O)O. The summed E-state index contributed by atoms with van der Waals surface area (Å²) in [6, 6.07) is -0.358. The lowest BCUT2D eigenvalue weighted by atomic mass is 10.0. The van der Waals surface area contributed by atoms with Crippen LogP contribution >= 0.6 is 0 Å². The van der Waals surface area contributed by atoms with E-state index in [1.54, 1.807) is 0 Å². The standard InChI is InChI=1S/C23H30N6O9/c1-11(30)19(23(37)38)29-22(36)16(6-12-2-4-14(31)5-3-12)28-21(35)17(8-18(32)33)27-20(34)15(24)7-13-9-25-10-26-13/h2-5,9-11,15-17,19,30-31H,6-8,24H2,1H3,(H,25,26)(H,27,34)(H,28,35)(H,29,36)(H,32,33)(H,37,38). The van der Waals surface area contributed by atoms with Gasteiger partial charge in [-0.2, -0.15) is 0 Å². The lowest BCUT2D eigenvalue weighted by molar-refractivity contribution is -0.145. The molecule has 206 valence electrons. The number of aliphatic carboxylic acids is 2. The summed E-state index contributed by atoms with van der Waals surface area (Å²) in [5.74, 6) is -5.87. The van der Waals surface area contributed by atoms with E-state index < -0.39 is 66.4 Å². The number of aliphatic hydroxyl groups is 1. The Morgan fingerprint density at radius 1 is 0.947 bits per heavy atom. The number of nitrogens with one attached hydrogen (secondary N) is 4. The minimum Gasteiger partial charge on any atom is -0.508 e. The number of aliphatic hydroxyl groups excluding tert-OH is 1. The van der Waals surface area contributed by atoms with Gasteiger partial charge in [0.05, 0.1) is 24.9 Å². The summed E-state index contributed by atoms with van der Waals surface area (Å²) >= 11 is 0. The number of phenols is 1. The molecule has 5 atom stereocenters. The summed E-state index contributed by atoms with van der Waals surface area (Å²) in [4.78, 5) is 67.9. The third kappa shape index (κ3) is 9.18. The molecule has 0 saturated carbocycles. The molecule has 5 unspecified atom stereocenters. The van der Waals surface area contributed by atoms with Crippen molar-refractivity contribution in [1.82, 2.24) is 25.9 Å². The van der Waals surface area contributed by atoms with Crippen LogP contribution in [0.15, 0.2) is 36.8 Å². The van der Waals surface area contributed by atoms with Gasteiger partial charge >= 0.3 is 11.9 Å². The predicted octanol–water partition coefficient (Wildman–Crippen LogP) is -2.38. The molecule has 15 nitrogen and oxygen atoms in total. The molecule has 38 heavy (non-hydrogen) atoms. The summed E-state index contributed by atoms with van der Waals surface area (Å²) in [7, 11) is 0. The topological polar surface area (TPSA) is 257 Å². The molecule has 0 aliphatic heterocycles. The Balaban J connectivity index is 2.22. The molecule has 0 aliphatic carbocycles. The number of hydrogen-bond donors (Lipinski definition) is 9. The summed E-state index contributed by atoms with van der Waals surface area (Å²) in [6.07, 6.45) is 0.335. The molecule has 1 aromatic carbocycles. The molecule has 0 saturated heterocycles. The first-order valence-corrected chi connectivity index (χ1v) is 11.4. The first-order chi connectivity index (χ1) is 17.9. The number of rotatable bonds is 14. The number of aromatic hydroxyl groups is 1. The van der Waals surface area contributed by atoms with E-state index in [0.29, 0.717) is 11.3 Å². The number of carboxylic acid groups (broad SMARTS) is 2. The number of carbonyl (C=O) groups is 5. The largest absolute Gasteiger partial charge is 0.508 e. The van der Waals surface area contributed by atoms with Crippen molar-refractivity contribution in [2.24, 2.45) is 5.73 Å². The van der Waals surface area contributed by atoms with Crippen LogP contribution in [0.4, 0.5) is 0 Å². The van der Waals surface area contributed by atoms with Gasteiger partial charge < -0.3 is 47.1 Å². The average molecular weight is 535 g/mol. The molecule has 10 N–H and O–H groups in total. The highest BCUT2D eigenvalue weighted by Gasteiger charge is 2.33. The zero-order valence-electron chi connectivity index (χ0n) is 20.3. The maximum absolute atomic E-state index is 13.0. The molecule has 0 fully saturated rings. The van der Waals surface area contributed by atoms with E-state index >= 15 is 0 Å². The second kappa shape index (κ2) is 13.7. The van der Waals surface area contributed by atoms with Crippen LogP contribution in [0.5, 0.6) is 5.75 Å². The van der Waals surface area contributed by atoms with Crippen LogP contribution in [-0.4, -0.2) is 90.3 Å². The number of phenolic OH excluding ortho intramolecular Hbond substituents is 1. The fraction of sp³-hybridized carbons (Fsp3) is 0.391. The predicted molar refractivity (Wildman–Crippen MR) is 129 cm³/mol. The highest BCUT2D eigenvalue weighted by molar-refractivity contribution is 5.95. The Hall–Kier alpha value is -4.50. The average Bonchev–Trinajstić information content (AvgIpc) is 3.35. The van der Waals surface area contributed by atoms with Crippen LogP contribution in [0.25, 0.3) is 0 Å². The molecule has 1 heterocycles. The first-order valence-electron chi connectivity index (χ1n) is 11.4. The highest BCUT2D eigenvalue weighted by Crippen LogP contribution is 2.12. The van der Waals surface area contributed by atoms with Gasteiger partial charge in [0.2, 0.25) is 17.7 Å². The molecule has 0 radical (unpaired) electrons. The Morgan fingerprint density at radius 2 is 1.55 bits per heavy atom. The molecular weight excluding hydrogens is 504 g/mol. The van der Waals surface area contributed by atoms with Crippen molar-refractivity contribution in [3.63, 3.8) is 0 Å². The zero-order chi connectivity index (χ0) is 28.4. The number of hydrogen-bond acceptors (Lipinski definition) is 9. The highest BCUT2D eigenvalue weighted by atomic mass is 16.4. The second-order valence-electron chi connectivity index (χ2n) is 8.54. The van der Waals surface area contributed by atoms with E-state index in [1.165, 1.54) is 36.8 Å². The van der Waals surface area contributed by atoms with Crippen molar-refractivity contribution in [1.29, 1.82) is 0 Å². The molecule has 2 aromatic rings. The van der Waals surface area contributed by atoms with Gasteiger partial charge in [-0.15, -0.1) is 0 Å². The second-order valence-corrected chi connectivity index (χ2v) is 8.54. The molecule has 0 bridgehead atoms. The fourth-order valence-corrected chi connectivity index (χ4v) is 3.38. The quantitative estimate of drug-likeness (QED) is 0.124. The van der Waals surface area contributed by atoms with Gasteiger partial charge in [-0.1, -0.05) is 12.1 Å². The van der Waals surface area contributed by atoms with Gasteiger partial charge in [0, 0.05) is 24.7 Å². The van der Waals surface area contributed by atoms with Crippen LogP contribution in [0.2, 0.25) is 0 Å². The normalized spacial score (nSPS) is 14.8. The van der Waals surface area contributed by atoms with Crippen LogP contribution < -0.4 is 21.7 Å². The maximum Gasteiger partial charge on any atom is 0.328 e. The summed E-state index contributed by atoms with van der Waals surface area (Å²) in [5.41, 5.74) is 6.84. The van der Waals surface area contributed by atoms with E-state index in [9.17, 15) is 44.4 Å². The molecule has 1 aromatic heterocycles. The van der Waals surface area contributed by atoms with Crippen molar-refractivity contribution in [2.45, 2.75) is 56.5 Å². The summed E-state index contributed by atoms with van der Waals surface area (Å²) in [5, 5.41) is 44.5. The van der Waals surface area contributed by atoms with Crippen LogP contribution in [-0.2, 0) is 36.8 Å². The van der Waals surface area contributed by atoms with E-state index in [1.807, 2.05) is 0 Å². The van der Waals surface area contributed by atoms with Crippen LogP contribution in [0.1, 0.15) is 24.6 Å². The van der Waals surface area contributed by atoms with Gasteiger partial charge in [0.25, 0.3) is 0 Å². The third-order valence-corrected chi connectivity index (χ3v) is 5.40. The van der Waals surface area contributed by atoms with Crippen molar-refractivity contribution >= 4 is 29.7 Å². The van der Waals surface area contributed by atoms with Crippen molar-refractivity contribution in [3.05, 3.63) is 48.0 Å². The molecule has 3 amide bonds. The molecule has 0 aliphatic rings. The van der Waals surface area contributed by atoms with Crippen molar-refractivity contribution < 1.29 is 44.4 Å². The maximum atomic E-state index is 13.0. The van der Waals surface area contributed by atoms with E-state index in [2.05, 4.69) is 25.9 Å². The number of aromatic amines is 1. The molecule has 0 spiro atoms. The number of amides is 3. The monoisotopic (exact) mass is 534 g/mol. The van der Waals surface area contributed by atoms with E-state index in [-0.39, 0.29) is 18.6 Å². The summed E-state index contributed by atoms with van der Waals surface area (Å²) < 4.78 is 0. The Labute approximate surface area is 216 Å². The molecular formula is C23H30N6O9. The van der Waals surface area contributed by atoms with E-state index in [0.717, 1.165) is 6.92 Å². The lowest BCUT2D eigenvalue weighted by Crippen LogP contribution is -2.59. The van der Waals surface area contributed by atoms with Gasteiger partial charge in [0.1, 0.15) is 17.8 Å². The number of H-pyrrole nitrogens is 1. The minimum absolute atomic E-state index is 0.0229. The van der Waals surface area contributed by atoms with Crippen molar-refractivity contribution in [3.8, 4) is 5.75 Å². The van der Waals surface area contributed by atoms with E-state index in [4.69, 9.17) is 5.73 Å². The number of carbonyl (C=O) groups excluding carboxylic acids is 3. The summed E-state index contributed by atoms with van der Waals surface area (Å²) in [6.45, 7) is 1.15. The molecule has 15 heteroatoms. The van der Waals surface area contributed by atoms with Crippen LogP contribution in [0.3, 0.4) is 0 Å². The number of nitrogens with two attached hydrogens (primary N) is 1. The van der Waals surface area contributed by atoms with Crippen LogP contribution in [0, 0.1) is 0 Å². The third-order valence-electron chi connectivity index (χ3n) is 5.40. The lowest BCUT2D eigenvalue weighted by Gasteiger charge is -2.25. The fourth-order valence-electron chi connectivity index (χ4n) is 3.38. The van der Waals surface area contributed by atoms with Gasteiger partial charge in [-0.25, -0.2) is 9.78 Å². The zero-order valence-corrected chi connectivity index (χ0v) is 20.3. The number of carboxylic acids is 2. The Bertz CT molecular complexity index is 1120. The number of nitrogens with zero attached hydrogens (tertiary/aromatic N) is 1. The Morgan fingerprint density at radius 3 is 2.08 bits per heavy atom. The number of aromatic nitrogens is 2. The van der Waals surface area contributed by atoms with Gasteiger partial charge in [0.15, 0.2) is 6.04 Å². The number of benzene rings is 1.